The Morgan fingerprint density at radius 2 is 1.96 bits per heavy atom. The van der Waals surface area contributed by atoms with Crippen LogP contribution in [0.5, 0.6) is 5.75 Å². The second kappa shape index (κ2) is 7.24. The molecule has 3 rings (SSSR count). The third-order valence-electron chi connectivity index (χ3n) is 3.59. The molecule has 0 bridgehead atoms. The molecule has 7 nitrogen and oxygen atoms in total. The highest BCUT2D eigenvalue weighted by Gasteiger charge is 2.14. The van der Waals surface area contributed by atoms with Crippen LogP contribution in [0.25, 0.3) is 10.4 Å². The number of carboxylic acid groups (broad SMARTS) is 1. The number of aliphatic carboxylic acids is 1. The van der Waals surface area contributed by atoms with Gasteiger partial charge in [-0.3, -0.25) is 14.4 Å². The minimum Gasteiger partial charge on any atom is -0.507 e. The van der Waals surface area contributed by atoms with E-state index in [9.17, 15) is 19.5 Å². The van der Waals surface area contributed by atoms with Crippen molar-refractivity contribution in [2.45, 2.75) is 6.54 Å². The van der Waals surface area contributed by atoms with Crippen molar-refractivity contribution in [2.75, 3.05) is 5.32 Å². The number of nitrogens with zero attached hydrogens (tertiary/aromatic N) is 1. The molecule has 0 saturated carbocycles. The first-order chi connectivity index (χ1) is 12.4. The average Bonchev–Trinajstić information content (AvgIpc) is 3.12. The number of benzene rings is 1. The number of hydrogen-bond acceptors (Lipinski definition) is 5. The van der Waals surface area contributed by atoms with Crippen molar-refractivity contribution in [3.05, 3.63) is 70.0 Å². The van der Waals surface area contributed by atoms with E-state index in [2.05, 4.69) is 5.32 Å². The number of phenolic OH excluding ortho intramolecular Hbond substituents is 1. The zero-order valence-electron chi connectivity index (χ0n) is 13.4. The average molecular weight is 370 g/mol. The summed E-state index contributed by atoms with van der Waals surface area (Å²) in [4.78, 5) is 35.7. The highest BCUT2D eigenvalue weighted by atomic mass is 32.1. The second-order valence-corrected chi connectivity index (χ2v) is 6.39. The molecule has 0 fully saturated rings. The smallest absolute Gasteiger partial charge is 0.323 e. The van der Waals surface area contributed by atoms with Gasteiger partial charge in [0.25, 0.3) is 11.5 Å². The summed E-state index contributed by atoms with van der Waals surface area (Å²) in [6.07, 6.45) is 1.24. The SMILES string of the molecule is O=C(O)Cn1cc(NC(=O)c2ccc(-c3cccs3)cc2O)ccc1=O. The number of anilines is 1. The summed E-state index contributed by atoms with van der Waals surface area (Å²) in [5.74, 6) is -1.91. The van der Waals surface area contributed by atoms with Crippen molar-refractivity contribution in [3.8, 4) is 16.2 Å². The quantitative estimate of drug-likeness (QED) is 0.640. The molecule has 0 radical (unpaired) electrons. The molecule has 0 aliphatic heterocycles. The number of hydrogen-bond donors (Lipinski definition) is 3. The van der Waals surface area contributed by atoms with Gasteiger partial charge >= 0.3 is 5.97 Å². The lowest BCUT2D eigenvalue weighted by Gasteiger charge is -2.10. The lowest BCUT2D eigenvalue weighted by molar-refractivity contribution is -0.137. The van der Waals surface area contributed by atoms with Crippen LogP contribution in [0.4, 0.5) is 5.69 Å². The van der Waals surface area contributed by atoms with Gasteiger partial charge < -0.3 is 20.1 Å². The second-order valence-electron chi connectivity index (χ2n) is 5.44. The summed E-state index contributed by atoms with van der Waals surface area (Å²) in [7, 11) is 0. The molecule has 26 heavy (non-hydrogen) atoms. The summed E-state index contributed by atoms with van der Waals surface area (Å²) >= 11 is 1.52. The molecule has 3 N–H and O–H groups in total. The van der Waals surface area contributed by atoms with Gasteiger partial charge in [-0.2, -0.15) is 0 Å². The van der Waals surface area contributed by atoms with Gasteiger partial charge in [-0.1, -0.05) is 12.1 Å². The van der Waals surface area contributed by atoms with Crippen LogP contribution in [0.2, 0.25) is 0 Å². The molecule has 1 aromatic carbocycles. The summed E-state index contributed by atoms with van der Waals surface area (Å²) in [5, 5.41) is 23.4. The van der Waals surface area contributed by atoms with Crippen LogP contribution in [0, 0.1) is 0 Å². The van der Waals surface area contributed by atoms with Gasteiger partial charge in [0.2, 0.25) is 0 Å². The molecule has 2 aromatic heterocycles. The van der Waals surface area contributed by atoms with Crippen molar-refractivity contribution in [2.24, 2.45) is 0 Å². The third-order valence-corrected chi connectivity index (χ3v) is 4.51. The molecule has 0 spiro atoms. The number of nitrogens with one attached hydrogen (secondary N) is 1. The molecule has 1 amide bonds. The van der Waals surface area contributed by atoms with Crippen LogP contribution < -0.4 is 10.9 Å². The summed E-state index contributed by atoms with van der Waals surface area (Å²) in [6.45, 7) is -0.511. The fraction of sp³-hybridized carbons (Fsp3) is 0.0556. The zero-order valence-corrected chi connectivity index (χ0v) is 14.2. The van der Waals surface area contributed by atoms with E-state index in [4.69, 9.17) is 5.11 Å². The molecule has 0 saturated heterocycles. The predicted molar refractivity (Wildman–Crippen MR) is 97.7 cm³/mol. The maximum atomic E-state index is 12.4. The van der Waals surface area contributed by atoms with E-state index in [-0.39, 0.29) is 17.0 Å². The van der Waals surface area contributed by atoms with Gasteiger partial charge in [0, 0.05) is 17.1 Å². The highest BCUT2D eigenvalue weighted by molar-refractivity contribution is 7.13. The van der Waals surface area contributed by atoms with E-state index in [0.717, 1.165) is 21.1 Å². The number of thiophene rings is 1. The Morgan fingerprint density at radius 1 is 1.15 bits per heavy atom. The van der Waals surface area contributed by atoms with Gasteiger partial charge in [-0.25, -0.2) is 0 Å². The van der Waals surface area contributed by atoms with Gasteiger partial charge in [0.15, 0.2) is 0 Å². The topological polar surface area (TPSA) is 109 Å². The van der Waals surface area contributed by atoms with E-state index < -0.39 is 24.0 Å². The molecular weight excluding hydrogens is 356 g/mol. The molecule has 0 aliphatic carbocycles. The number of amides is 1. The monoisotopic (exact) mass is 370 g/mol. The number of rotatable bonds is 5. The van der Waals surface area contributed by atoms with E-state index in [1.165, 1.54) is 35.7 Å². The van der Waals surface area contributed by atoms with Crippen molar-refractivity contribution in [3.63, 3.8) is 0 Å². The lowest BCUT2D eigenvalue weighted by Crippen LogP contribution is -2.24. The first-order valence-electron chi connectivity index (χ1n) is 7.54. The molecule has 0 atom stereocenters. The van der Waals surface area contributed by atoms with E-state index >= 15 is 0 Å². The maximum absolute atomic E-state index is 12.4. The number of phenols is 1. The van der Waals surface area contributed by atoms with Crippen LogP contribution >= 0.6 is 11.3 Å². The molecule has 0 aliphatic rings. The predicted octanol–water partition coefficient (Wildman–Crippen LogP) is 2.62. The van der Waals surface area contributed by atoms with E-state index in [1.54, 1.807) is 6.07 Å². The molecule has 2 heterocycles. The Bertz CT molecular complexity index is 1020. The molecule has 132 valence electrons. The van der Waals surface area contributed by atoms with Crippen molar-refractivity contribution in [1.82, 2.24) is 4.57 Å². The summed E-state index contributed by atoms with van der Waals surface area (Å²) < 4.78 is 0.970. The number of aromatic hydroxyl groups is 1. The third kappa shape index (κ3) is 3.81. The maximum Gasteiger partial charge on any atom is 0.323 e. The zero-order chi connectivity index (χ0) is 18.7. The Balaban J connectivity index is 1.82. The van der Waals surface area contributed by atoms with Crippen molar-refractivity contribution >= 4 is 28.9 Å². The fourth-order valence-corrected chi connectivity index (χ4v) is 3.12. The summed E-state index contributed by atoms with van der Waals surface area (Å²) in [6, 6.07) is 11.1. The highest BCUT2D eigenvalue weighted by Crippen LogP contribution is 2.29. The Labute approximate surface area is 151 Å². The number of pyridine rings is 1. The Hall–Kier alpha value is -3.39. The van der Waals surface area contributed by atoms with Crippen LogP contribution in [0.15, 0.2) is 58.8 Å². The largest absolute Gasteiger partial charge is 0.507 e. The standard InChI is InChI=1S/C18H14N2O5S/c21-14-8-11(15-2-1-7-26-15)3-5-13(14)18(25)19-12-4-6-16(22)20(9-12)10-17(23)24/h1-9,21H,10H2,(H,19,25)(H,23,24). The molecular formula is C18H14N2O5S. The summed E-state index contributed by atoms with van der Waals surface area (Å²) in [5.41, 5.74) is 0.622. The van der Waals surface area contributed by atoms with E-state index in [0.29, 0.717) is 0 Å². The Morgan fingerprint density at radius 3 is 2.62 bits per heavy atom. The first-order valence-corrected chi connectivity index (χ1v) is 8.42. The number of carbonyl (C=O) groups is 2. The van der Waals surface area contributed by atoms with Crippen molar-refractivity contribution < 1.29 is 19.8 Å². The molecule has 0 unspecified atom stereocenters. The van der Waals surface area contributed by atoms with Crippen LogP contribution in [-0.4, -0.2) is 26.7 Å². The number of carbonyl (C=O) groups excluding carboxylic acids is 1. The van der Waals surface area contributed by atoms with Gasteiger partial charge in [0.1, 0.15) is 12.3 Å². The first kappa shape index (κ1) is 17.4. The van der Waals surface area contributed by atoms with E-state index in [1.807, 2.05) is 17.5 Å². The number of carboxylic acids is 1. The van der Waals surface area contributed by atoms with Gasteiger partial charge in [-0.15, -0.1) is 11.3 Å². The fourth-order valence-electron chi connectivity index (χ4n) is 2.39. The lowest BCUT2D eigenvalue weighted by atomic mass is 10.1. The minimum absolute atomic E-state index is 0.0706. The molecule has 3 aromatic rings. The normalized spacial score (nSPS) is 10.5. The minimum atomic E-state index is -1.17. The van der Waals surface area contributed by atoms with Gasteiger partial charge in [-0.05, 0) is 35.2 Å². The van der Waals surface area contributed by atoms with Crippen LogP contribution in [-0.2, 0) is 11.3 Å². The molecule has 8 heteroatoms. The number of aromatic nitrogens is 1. The van der Waals surface area contributed by atoms with Crippen molar-refractivity contribution in [1.29, 1.82) is 0 Å². The van der Waals surface area contributed by atoms with Crippen LogP contribution in [0.1, 0.15) is 10.4 Å². The van der Waals surface area contributed by atoms with Crippen LogP contribution in [0.3, 0.4) is 0 Å². The van der Waals surface area contributed by atoms with Gasteiger partial charge in [0.05, 0.1) is 11.3 Å². The Kier molecular flexibility index (Phi) is 4.85.